The van der Waals surface area contributed by atoms with E-state index in [-0.39, 0.29) is 11.4 Å². The number of guanidine groups is 1. The molecule has 130 valence electrons. The zero-order chi connectivity index (χ0) is 17.7. The van der Waals surface area contributed by atoms with Crippen molar-refractivity contribution in [1.29, 1.82) is 0 Å². The summed E-state index contributed by atoms with van der Waals surface area (Å²) in [5.74, 6) is 0.523. The molecule has 0 aliphatic heterocycles. The molecule has 0 amide bonds. The Morgan fingerprint density at radius 3 is 2.50 bits per heavy atom. The lowest BCUT2D eigenvalue weighted by molar-refractivity contribution is 0.501. The van der Waals surface area contributed by atoms with Gasteiger partial charge in [0.15, 0.2) is 5.96 Å². The molecule has 2 rings (SSSR count). The number of hydrogen-bond donors (Lipinski definition) is 2. The normalized spacial score (nSPS) is 12.3. The Morgan fingerprint density at radius 2 is 1.92 bits per heavy atom. The van der Waals surface area contributed by atoms with Crippen LogP contribution in [-0.4, -0.2) is 27.8 Å². The van der Waals surface area contributed by atoms with Gasteiger partial charge in [-0.1, -0.05) is 0 Å². The first kappa shape index (κ1) is 18.0. The highest BCUT2D eigenvalue weighted by atomic mass is 19.1. The Hall–Kier alpha value is -2.37. The first-order valence-electron chi connectivity index (χ1n) is 8.16. The predicted molar refractivity (Wildman–Crippen MR) is 96.0 cm³/mol. The summed E-state index contributed by atoms with van der Waals surface area (Å²) in [5.41, 5.74) is 2.71. The summed E-state index contributed by atoms with van der Waals surface area (Å²) in [4.78, 5) is 4.63. The summed E-state index contributed by atoms with van der Waals surface area (Å²) in [6.07, 6.45) is 1.94. The van der Waals surface area contributed by atoms with Gasteiger partial charge in [0, 0.05) is 23.8 Å². The molecular formula is C18H26FN5. The molecule has 2 N–H and O–H groups in total. The monoisotopic (exact) mass is 331 g/mol. The van der Waals surface area contributed by atoms with Crippen LogP contribution >= 0.6 is 0 Å². The zero-order valence-electron chi connectivity index (χ0n) is 15.0. The van der Waals surface area contributed by atoms with Crippen LogP contribution in [0.5, 0.6) is 0 Å². The standard InChI is InChI=1S/C18H26FN5/c1-6-20-17(22-18(3,4)5)21-11-14-12-24(23-13(14)2)16-9-7-15(19)8-10-16/h7-10,12H,6,11H2,1-5H3,(H2,20,21,22). The summed E-state index contributed by atoms with van der Waals surface area (Å²) in [6, 6.07) is 6.28. The summed E-state index contributed by atoms with van der Waals surface area (Å²) in [5, 5.41) is 11.1. The molecule has 2 aromatic rings. The van der Waals surface area contributed by atoms with Gasteiger partial charge < -0.3 is 10.6 Å². The first-order valence-corrected chi connectivity index (χ1v) is 8.16. The molecule has 6 heteroatoms. The van der Waals surface area contributed by atoms with Crippen molar-refractivity contribution in [3.05, 3.63) is 47.5 Å². The Balaban J connectivity index is 2.17. The molecule has 1 aromatic carbocycles. The maximum absolute atomic E-state index is 13.0. The van der Waals surface area contributed by atoms with Gasteiger partial charge in [0.25, 0.3) is 0 Å². The lowest BCUT2D eigenvalue weighted by atomic mass is 10.1. The quantitative estimate of drug-likeness (QED) is 0.668. The Labute approximate surface area is 143 Å². The average Bonchev–Trinajstić information content (AvgIpc) is 2.85. The number of halogens is 1. The topological polar surface area (TPSA) is 54.2 Å². The van der Waals surface area contributed by atoms with Crippen molar-refractivity contribution in [2.75, 3.05) is 6.54 Å². The molecule has 0 unspecified atom stereocenters. The maximum atomic E-state index is 13.0. The summed E-state index contributed by atoms with van der Waals surface area (Å²) in [7, 11) is 0. The fourth-order valence-corrected chi connectivity index (χ4v) is 2.20. The van der Waals surface area contributed by atoms with Crippen molar-refractivity contribution in [2.24, 2.45) is 4.99 Å². The molecule has 0 aliphatic carbocycles. The fourth-order valence-electron chi connectivity index (χ4n) is 2.20. The van der Waals surface area contributed by atoms with Crippen molar-refractivity contribution in [3.8, 4) is 5.69 Å². The minimum atomic E-state index is -0.254. The average molecular weight is 331 g/mol. The second-order valence-electron chi connectivity index (χ2n) is 6.73. The molecule has 1 heterocycles. The van der Waals surface area contributed by atoms with Crippen LogP contribution < -0.4 is 10.6 Å². The van der Waals surface area contributed by atoms with Crippen molar-refractivity contribution in [3.63, 3.8) is 0 Å². The zero-order valence-corrected chi connectivity index (χ0v) is 15.0. The molecule has 0 saturated carbocycles. The molecule has 0 aliphatic rings. The molecule has 0 bridgehead atoms. The fraction of sp³-hybridized carbons (Fsp3) is 0.444. The van der Waals surface area contributed by atoms with Crippen molar-refractivity contribution in [1.82, 2.24) is 20.4 Å². The third-order valence-electron chi connectivity index (χ3n) is 3.34. The van der Waals surface area contributed by atoms with Crippen LogP contribution in [0.1, 0.15) is 39.0 Å². The maximum Gasteiger partial charge on any atom is 0.191 e. The SMILES string of the molecule is CCNC(=NCc1cn(-c2ccc(F)cc2)nc1C)NC(C)(C)C. The van der Waals surface area contributed by atoms with Gasteiger partial charge in [-0.3, -0.25) is 0 Å². The number of benzene rings is 1. The number of nitrogens with zero attached hydrogens (tertiary/aromatic N) is 3. The van der Waals surface area contributed by atoms with Crippen LogP contribution in [0.4, 0.5) is 4.39 Å². The van der Waals surface area contributed by atoms with Gasteiger partial charge in [-0.05, 0) is 58.9 Å². The molecule has 0 spiro atoms. The molecule has 0 radical (unpaired) electrons. The number of aryl methyl sites for hydroxylation is 1. The van der Waals surface area contributed by atoms with Gasteiger partial charge >= 0.3 is 0 Å². The van der Waals surface area contributed by atoms with Gasteiger partial charge in [0.2, 0.25) is 0 Å². The second kappa shape index (κ2) is 7.47. The highest BCUT2D eigenvalue weighted by Gasteiger charge is 2.12. The third-order valence-corrected chi connectivity index (χ3v) is 3.34. The van der Waals surface area contributed by atoms with Gasteiger partial charge in [-0.2, -0.15) is 5.10 Å². The summed E-state index contributed by atoms with van der Waals surface area (Å²) in [6.45, 7) is 11.6. The van der Waals surface area contributed by atoms with Crippen LogP contribution in [0, 0.1) is 12.7 Å². The molecule has 1 aromatic heterocycles. The van der Waals surface area contributed by atoms with Crippen molar-refractivity contribution >= 4 is 5.96 Å². The van der Waals surface area contributed by atoms with Crippen LogP contribution in [0.3, 0.4) is 0 Å². The first-order chi connectivity index (χ1) is 11.3. The predicted octanol–water partition coefficient (Wildman–Crippen LogP) is 3.17. The molecule has 5 nitrogen and oxygen atoms in total. The van der Waals surface area contributed by atoms with E-state index in [4.69, 9.17) is 0 Å². The summed E-state index contributed by atoms with van der Waals surface area (Å²) < 4.78 is 14.8. The molecule has 0 fully saturated rings. The number of aromatic nitrogens is 2. The van der Waals surface area contributed by atoms with Crippen LogP contribution in [0.2, 0.25) is 0 Å². The highest BCUT2D eigenvalue weighted by Crippen LogP contribution is 2.13. The third kappa shape index (κ3) is 5.08. The van der Waals surface area contributed by atoms with Crippen molar-refractivity contribution < 1.29 is 4.39 Å². The van der Waals surface area contributed by atoms with E-state index in [9.17, 15) is 4.39 Å². The van der Waals surface area contributed by atoms with E-state index >= 15 is 0 Å². The van der Waals surface area contributed by atoms with Gasteiger partial charge in [0.05, 0.1) is 17.9 Å². The highest BCUT2D eigenvalue weighted by molar-refractivity contribution is 5.80. The van der Waals surface area contributed by atoms with E-state index in [0.717, 1.165) is 29.4 Å². The number of aliphatic imine (C=N–C) groups is 1. The van der Waals surface area contributed by atoms with E-state index in [1.807, 2.05) is 20.0 Å². The van der Waals surface area contributed by atoms with Gasteiger partial charge in [-0.15, -0.1) is 0 Å². The largest absolute Gasteiger partial charge is 0.357 e. The Kier molecular flexibility index (Phi) is 5.59. The lowest BCUT2D eigenvalue weighted by Gasteiger charge is -2.23. The van der Waals surface area contributed by atoms with Crippen LogP contribution in [0.15, 0.2) is 35.5 Å². The molecule has 0 saturated heterocycles. The van der Waals surface area contributed by atoms with E-state index in [1.165, 1.54) is 12.1 Å². The summed E-state index contributed by atoms with van der Waals surface area (Å²) >= 11 is 0. The van der Waals surface area contributed by atoms with Crippen LogP contribution in [0.25, 0.3) is 5.69 Å². The minimum Gasteiger partial charge on any atom is -0.357 e. The number of hydrogen-bond acceptors (Lipinski definition) is 2. The van der Waals surface area contributed by atoms with Crippen molar-refractivity contribution in [2.45, 2.75) is 46.7 Å². The molecular weight excluding hydrogens is 305 g/mol. The number of rotatable bonds is 4. The van der Waals surface area contributed by atoms with Crippen LogP contribution in [-0.2, 0) is 6.54 Å². The second-order valence-corrected chi connectivity index (χ2v) is 6.73. The number of nitrogens with one attached hydrogen (secondary N) is 2. The Morgan fingerprint density at radius 1 is 1.25 bits per heavy atom. The van der Waals surface area contributed by atoms with E-state index in [2.05, 4.69) is 41.5 Å². The molecule has 24 heavy (non-hydrogen) atoms. The van der Waals surface area contributed by atoms with E-state index in [1.54, 1.807) is 16.8 Å². The lowest BCUT2D eigenvalue weighted by Crippen LogP contribution is -2.47. The van der Waals surface area contributed by atoms with Gasteiger partial charge in [-0.25, -0.2) is 14.1 Å². The van der Waals surface area contributed by atoms with E-state index < -0.39 is 0 Å². The molecule has 0 atom stereocenters. The smallest absolute Gasteiger partial charge is 0.191 e. The van der Waals surface area contributed by atoms with E-state index in [0.29, 0.717) is 6.54 Å². The minimum absolute atomic E-state index is 0.0612. The Bertz CT molecular complexity index is 695. The van der Waals surface area contributed by atoms with Gasteiger partial charge in [0.1, 0.15) is 5.82 Å².